The zero-order chi connectivity index (χ0) is 13.5. The van der Waals surface area contributed by atoms with E-state index < -0.39 is 10.2 Å². The summed E-state index contributed by atoms with van der Waals surface area (Å²) in [4.78, 5) is 0. The van der Waals surface area contributed by atoms with Crippen molar-refractivity contribution >= 4 is 16.0 Å². The molecule has 0 saturated heterocycles. The highest BCUT2D eigenvalue weighted by atomic mass is 32.2. The molecule has 0 heterocycles. The molecule has 0 aromatic rings. The van der Waals surface area contributed by atoms with Crippen LogP contribution in [0, 0.1) is 5.41 Å². The summed E-state index contributed by atoms with van der Waals surface area (Å²) in [6.07, 6.45) is 0.211. The van der Waals surface area contributed by atoms with Crippen LogP contribution in [-0.2, 0) is 14.9 Å². The van der Waals surface area contributed by atoms with E-state index in [9.17, 15) is 8.42 Å². The SMILES string of the molecule is COCCN(CCC(=N)N)S(=O)(=O)NC(C)C. The number of hydrogen-bond donors (Lipinski definition) is 3. The molecule has 0 radical (unpaired) electrons. The van der Waals surface area contributed by atoms with Gasteiger partial charge in [-0.05, 0) is 13.8 Å². The van der Waals surface area contributed by atoms with Crippen LogP contribution in [0.15, 0.2) is 0 Å². The Morgan fingerprint density at radius 2 is 2.06 bits per heavy atom. The molecule has 0 spiro atoms. The smallest absolute Gasteiger partial charge is 0.279 e. The predicted octanol–water partition coefficient (Wildman–Crippen LogP) is -0.496. The summed E-state index contributed by atoms with van der Waals surface area (Å²) in [6.45, 7) is 4.22. The number of nitrogens with zero attached hydrogens (tertiary/aromatic N) is 1. The zero-order valence-electron chi connectivity index (χ0n) is 10.6. The maximum Gasteiger partial charge on any atom is 0.279 e. The fourth-order valence-corrected chi connectivity index (χ4v) is 2.55. The summed E-state index contributed by atoms with van der Waals surface area (Å²) in [5.74, 6) is -0.0350. The van der Waals surface area contributed by atoms with Crippen LogP contribution >= 0.6 is 0 Å². The largest absolute Gasteiger partial charge is 0.388 e. The van der Waals surface area contributed by atoms with Crippen LogP contribution in [-0.4, -0.2) is 51.4 Å². The molecule has 0 saturated carbocycles. The van der Waals surface area contributed by atoms with Crippen molar-refractivity contribution in [2.75, 3.05) is 26.8 Å². The molecule has 0 aliphatic rings. The van der Waals surface area contributed by atoms with E-state index in [0.717, 1.165) is 0 Å². The lowest BCUT2D eigenvalue weighted by Crippen LogP contribution is -2.45. The van der Waals surface area contributed by atoms with Gasteiger partial charge in [0.2, 0.25) is 0 Å². The average molecular weight is 266 g/mol. The molecule has 0 aliphatic heterocycles. The van der Waals surface area contributed by atoms with Gasteiger partial charge in [0.15, 0.2) is 0 Å². The number of amidine groups is 1. The van der Waals surface area contributed by atoms with Gasteiger partial charge in [0.25, 0.3) is 10.2 Å². The lowest BCUT2D eigenvalue weighted by Gasteiger charge is -2.23. The van der Waals surface area contributed by atoms with Crippen molar-refractivity contribution in [3.05, 3.63) is 0 Å². The molecule has 0 amide bonds. The topological polar surface area (TPSA) is 109 Å². The minimum absolute atomic E-state index is 0.0350. The fourth-order valence-electron chi connectivity index (χ4n) is 1.16. The Kier molecular flexibility index (Phi) is 7.28. The Balaban J connectivity index is 4.59. The molecule has 8 heteroatoms. The van der Waals surface area contributed by atoms with E-state index >= 15 is 0 Å². The van der Waals surface area contributed by atoms with Gasteiger partial charge in [0, 0.05) is 32.7 Å². The summed E-state index contributed by atoms with van der Waals surface area (Å²) in [7, 11) is -2.03. The molecule has 0 atom stereocenters. The van der Waals surface area contributed by atoms with Gasteiger partial charge in [0.05, 0.1) is 12.4 Å². The molecular formula is C9H22N4O3S. The summed E-state index contributed by atoms with van der Waals surface area (Å²) in [5, 5.41) is 7.12. The van der Waals surface area contributed by atoms with Gasteiger partial charge < -0.3 is 10.5 Å². The first-order chi connectivity index (χ1) is 7.79. The van der Waals surface area contributed by atoms with Crippen molar-refractivity contribution in [3.8, 4) is 0 Å². The summed E-state index contributed by atoms with van der Waals surface area (Å²) in [6, 6.07) is -0.178. The van der Waals surface area contributed by atoms with E-state index in [4.69, 9.17) is 15.9 Å². The van der Waals surface area contributed by atoms with Gasteiger partial charge in [-0.2, -0.15) is 17.4 Å². The summed E-state index contributed by atoms with van der Waals surface area (Å²) < 4.78 is 32.4. The van der Waals surface area contributed by atoms with Gasteiger partial charge >= 0.3 is 0 Å². The Labute approximate surface area is 103 Å². The van der Waals surface area contributed by atoms with Crippen LogP contribution in [0.25, 0.3) is 0 Å². The second kappa shape index (κ2) is 7.59. The van der Waals surface area contributed by atoms with Crippen LogP contribution in [0.1, 0.15) is 20.3 Å². The number of rotatable bonds is 9. The Morgan fingerprint density at radius 3 is 2.47 bits per heavy atom. The molecular weight excluding hydrogens is 244 g/mol. The van der Waals surface area contributed by atoms with Crippen LogP contribution < -0.4 is 10.5 Å². The summed E-state index contributed by atoms with van der Waals surface area (Å²) >= 11 is 0. The fraction of sp³-hybridized carbons (Fsp3) is 0.889. The molecule has 4 N–H and O–H groups in total. The minimum Gasteiger partial charge on any atom is -0.388 e. The number of nitrogens with one attached hydrogen (secondary N) is 2. The third kappa shape index (κ3) is 7.27. The number of ether oxygens (including phenoxy) is 1. The molecule has 0 fully saturated rings. The molecule has 0 rings (SSSR count). The maximum atomic E-state index is 11.9. The van der Waals surface area contributed by atoms with E-state index in [1.165, 1.54) is 11.4 Å². The van der Waals surface area contributed by atoms with E-state index in [0.29, 0.717) is 6.61 Å². The Hall–Kier alpha value is -0.700. The van der Waals surface area contributed by atoms with E-state index in [2.05, 4.69) is 4.72 Å². The number of nitrogens with two attached hydrogens (primary N) is 1. The molecule has 7 nitrogen and oxygen atoms in total. The third-order valence-electron chi connectivity index (χ3n) is 1.90. The maximum absolute atomic E-state index is 11.9. The van der Waals surface area contributed by atoms with Crippen molar-refractivity contribution < 1.29 is 13.2 Å². The number of methoxy groups -OCH3 is 1. The van der Waals surface area contributed by atoms with Gasteiger partial charge in [-0.1, -0.05) is 0 Å². The second-order valence-electron chi connectivity index (χ2n) is 3.94. The molecule has 0 aromatic carbocycles. The third-order valence-corrected chi connectivity index (χ3v) is 3.71. The van der Waals surface area contributed by atoms with Crippen molar-refractivity contribution in [2.24, 2.45) is 5.73 Å². The van der Waals surface area contributed by atoms with Crippen molar-refractivity contribution in [3.63, 3.8) is 0 Å². The lowest BCUT2D eigenvalue weighted by molar-refractivity contribution is 0.179. The molecule has 0 bridgehead atoms. The van der Waals surface area contributed by atoms with Crippen LogP contribution in [0.5, 0.6) is 0 Å². The molecule has 0 unspecified atom stereocenters. The first kappa shape index (κ1) is 16.3. The number of hydrogen-bond acceptors (Lipinski definition) is 4. The van der Waals surface area contributed by atoms with E-state index in [1.807, 2.05) is 0 Å². The van der Waals surface area contributed by atoms with Crippen molar-refractivity contribution in [2.45, 2.75) is 26.3 Å². The van der Waals surface area contributed by atoms with Crippen LogP contribution in [0.2, 0.25) is 0 Å². The molecule has 17 heavy (non-hydrogen) atoms. The lowest BCUT2D eigenvalue weighted by atomic mass is 10.4. The average Bonchev–Trinajstić information content (AvgIpc) is 2.14. The summed E-state index contributed by atoms with van der Waals surface area (Å²) in [5.41, 5.74) is 5.22. The Bertz CT molecular complexity index is 329. The highest BCUT2D eigenvalue weighted by Crippen LogP contribution is 2.01. The van der Waals surface area contributed by atoms with Gasteiger partial charge in [0.1, 0.15) is 0 Å². The predicted molar refractivity (Wildman–Crippen MR) is 67.2 cm³/mol. The second-order valence-corrected chi connectivity index (χ2v) is 5.65. The normalized spacial score (nSPS) is 12.3. The standard InChI is InChI=1S/C9H22N4O3S/c1-8(2)12-17(14,15)13(6-7-16-3)5-4-9(10)11/h8,12H,4-7H2,1-3H3,(H3,10,11). The van der Waals surface area contributed by atoms with Crippen molar-refractivity contribution in [1.82, 2.24) is 9.03 Å². The minimum atomic E-state index is -3.54. The first-order valence-electron chi connectivity index (χ1n) is 5.39. The highest BCUT2D eigenvalue weighted by Gasteiger charge is 2.22. The van der Waals surface area contributed by atoms with Crippen molar-refractivity contribution in [1.29, 1.82) is 5.41 Å². The molecule has 0 aromatic heterocycles. The monoisotopic (exact) mass is 266 g/mol. The Morgan fingerprint density at radius 1 is 1.47 bits per heavy atom. The van der Waals surface area contributed by atoms with Gasteiger partial charge in [-0.3, -0.25) is 5.41 Å². The van der Waals surface area contributed by atoms with Crippen LogP contribution in [0.4, 0.5) is 0 Å². The van der Waals surface area contributed by atoms with Crippen LogP contribution in [0.3, 0.4) is 0 Å². The van der Waals surface area contributed by atoms with Gasteiger partial charge in [-0.25, -0.2) is 0 Å². The quantitative estimate of drug-likeness (QED) is 0.386. The first-order valence-corrected chi connectivity index (χ1v) is 6.83. The highest BCUT2D eigenvalue weighted by molar-refractivity contribution is 7.87. The van der Waals surface area contributed by atoms with Gasteiger partial charge in [-0.15, -0.1) is 0 Å². The zero-order valence-corrected chi connectivity index (χ0v) is 11.4. The molecule has 102 valence electrons. The molecule has 0 aliphatic carbocycles. The van der Waals surface area contributed by atoms with E-state index in [-0.39, 0.29) is 31.4 Å². The van der Waals surface area contributed by atoms with E-state index in [1.54, 1.807) is 13.8 Å².